The van der Waals surface area contributed by atoms with Crippen LogP contribution in [0.1, 0.15) is 20.3 Å². The molecule has 1 aliphatic rings. The highest BCUT2D eigenvalue weighted by molar-refractivity contribution is 5.73. The van der Waals surface area contributed by atoms with E-state index in [0.717, 1.165) is 0 Å². The lowest BCUT2D eigenvalue weighted by Crippen LogP contribution is -2.57. The number of carbonyl (C=O) groups is 2. The lowest BCUT2D eigenvalue weighted by molar-refractivity contribution is -0.139. The van der Waals surface area contributed by atoms with Gasteiger partial charge in [0.2, 0.25) is 5.91 Å². The standard InChI is InChI=1S/C9H16N2O3/c1-6-4-11(7(2)12)5-8(10-6)3-9(13)14/h6,8,10H,3-5H2,1-2H3,(H,13,14)/t6-,8+/m1/s1. The smallest absolute Gasteiger partial charge is 0.304 e. The first-order valence-electron chi connectivity index (χ1n) is 4.72. The average molecular weight is 200 g/mol. The highest BCUT2D eigenvalue weighted by Gasteiger charge is 2.26. The summed E-state index contributed by atoms with van der Waals surface area (Å²) in [5, 5.41) is 11.8. The Balaban J connectivity index is 2.53. The molecule has 1 aliphatic heterocycles. The van der Waals surface area contributed by atoms with Crippen LogP contribution in [0.2, 0.25) is 0 Å². The predicted octanol–water partition coefficient (Wildman–Crippen LogP) is -0.330. The van der Waals surface area contributed by atoms with Crippen molar-refractivity contribution in [3.8, 4) is 0 Å². The van der Waals surface area contributed by atoms with Gasteiger partial charge >= 0.3 is 5.97 Å². The maximum absolute atomic E-state index is 11.1. The van der Waals surface area contributed by atoms with E-state index in [4.69, 9.17) is 5.11 Å². The van der Waals surface area contributed by atoms with Crippen molar-refractivity contribution >= 4 is 11.9 Å². The topological polar surface area (TPSA) is 69.6 Å². The van der Waals surface area contributed by atoms with E-state index in [9.17, 15) is 9.59 Å². The molecule has 0 aliphatic carbocycles. The van der Waals surface area contributed by atoms with Crippen LogP contribution in [0.5, 0.6) is 0 Å². The van der Waals surface area contributed by atoms with Crippen molar-refractivity contribution in [2.24, 2.45) is 0 Å². The summed E-state index contributed by atoms with van der Waals surface area (Å²) in [6.07, 6.45) is 0.0636. The van der Waals surface area contributed by atoms with Crippen molar-refractivity contribution in [1.82, 2.24) is 10.2 Å². The Bertz CT molecular complexity index is 242. The molecule has 0 radical (unpaired) electrons. The van der Waals surface area contributed by atoms with Gasteiger partial charge in [-0.05, 0) is 6.92 Å². The Hall–Kier alpha value is -1.10. The quantitative estimate of drug-likeness (QED) is 0.640. The van der Waals surface area contributed by atoms with Crippen LogP contribution in [-0.2, 0) is 9.59 Å². The summed E-state index contributed by atoms with van der Waals surface area (Å²) in [6, 6.07) is 0.0390. The zero-order valence-corrected chi connectivity index (χ0v) is 8.49. The molecule has 5 nitrogen and oxygen atoms in total. The zero-order valence-electron chi connectivity index (χ0n) is 8.49. The number of nitrogens with one attached hydrogen (secondary N) is 1. The second-order valence-corrected chi connectivity index (χ2v) is 3.79. The fourth-order valence-electron chi connectivity index (χ4n) is 1.77. The van der Waals surface area contributed by atoms with Crippen LogP contribution in [0.25, 0.3) is 0 Å². The number of aliphatic carboxylic acids is 1. The number of nitrogens with zero attached hydrogens (tertiary/aromatic N) is 1. The third-order valence-corrected chi connectivity index (χ3v) is 2.32. The first kappa shape index (κ1) is 11.0. The maximum Gasteiger partial charge on any atom is 0.304 e. The summed E-state index contributed by atoms with van der Waals surface area (Å²) in [6.45, 7) is 4.61. The fourth-order valence-corrected chi connectivity index (χ4v) is 1.77. The van der Waals surface area contributed by atoms with Gasteiger partial charge in [-0.3, -0.25) is 9.59 Å². The minimum absolute atomic E-state index is 0.00809. The molecular formula is C9H16N2O3. The van der Waals surface area contributed by atoms with E-state index < -0.39 is 5.97 Å². The monoisotopic (exact) mass is 200 g/mol. The van der Waals surface area contributed by atoms with Crippen LogP contribution >= 0.6 is 0 Å². The van der Waals surface area contributed by atoms with E-state index in [2.05, 4.69) is 5.32 Å². The molecule has 0 aromatic rings. The van der Waals surface area contributed by atoms with E-state index >= 15 is 0 Å². The van der Waals surface area contributed by atoms with Gasteiger partial charge in [-0.15, -0.1) is 0 Å². The summed E-state index contributed by atoms with van der Waals surface area (Å²) < 4.78 is 0. The molecule has 0 saturated carbocycles. The molecular weight excluding hydrogens is 184 g/mol. The summed E-state index contributed by atoms with van der Waals surface area (Å²) in [7, 11) is 0. The summed E-state index contributed by atoms with van der Waals surface area (Å²) in [5.74, 6) is -0.825. The Morgan fingerprint density at radius 3 is 2.64 bits per heavy atom. The minimum atomic E-state index is -0.833. The van der Waals surface area contributed by atoms with Gasteiger partial charge in [0, 0.05) is 32.1 Å². The third kappa shape index (κ3) is 2.99. The second kappa shape index (κ2) is 4.41. The van der Waals surface area contributed by atoms with Gasteiger partial charge in [-0.1, -0.05) is 0 Å². The van der Waals surface area contributed by atoms with Crippen molar-refractivity contribution in [3.63, 3.8) is 0 Å². The molecule has 2 N–H and O–H groups in total. The van der Waals surface area contributed by atoms with Gasteiger partial charge in [-0.25, -0.2) is 0 Å². The molecule has 0 aromatic heterocycles. The minimum Gasteiger partial charge on any atom is -0.481 e. The zero-order chi connectivity index (χ0) is 10.7. The number of rotatable bonds is 2. The molecule has 1 heterocycles. The normalized spacial score (nSPS) is 27.4. The molecule has 0 spiro atoms. The van der Waals surface area contributed by atoms with Crippen LogP contribution in [0.4, 0.5) is 0 Å². The molecule has 1 amide bonds. The van der Waals surface area contributed by atoms with Crippen LogP contribution in [-0.4, -0.2) is 47.1 Å². The molecule has 1 fully saturated rings. The van der Waals surface area contributed by atoms with Crippen LogP contribution in [0, 0.1) is 0 Å². The van der Waals surface area contributed by atoms with Crippen molar-refractivity contribution < 1.29 is 14.7 Å². The van der Waals surface area contributed by atoms with E-state index in [-0.39, 0.29) is 24.4 Å². The van der Waals surface area contributed by atoms with Crippen LogP contribution < -0.4 is 5.32 Å². The number of amides is 1. The van der Waals surface area contributed by atoms with Gasteiger partial charge in [0.15, 0.2) is 0 Å². The summed E-state index contributed by atoms with van der Waals surface area (Å²) in [4.78, 5) is 23.3. The number of carboxylic acid groups (broad SMARTS) is 1. The van der Waals surface area contributed by atoms with Crippen molar-refractivity contribution in [3.05, 3.63) is 0 Å². The number of piperazine rings is 1. The van der Waals surface area contributed by atoms with Gasteiger partial charge < -0.3 is 15.3 Å². The van der Waals surface area contributed by atoms with Gasteiger partial charge in [0.25, 0.3) is 0 Å². The molecule has 0 aromatic carbocycles. The van der Waals surface area contributed by atoms with Gasteiger partial charge in [-0.2, -0.15) is 0 Å². The highest BCUT2D eigenvalue weighted by atomic mass is 16.4. The predicted molar refractivity (Wildman–Crippen MR) is 50.9 cm³/mol. The van der Waals surface area contributed by atoms with Crippen molar-refractivity contribution in [1.29, 1.82) is 0 Å². The van der Waals surface area contributed by atoms with Crippen molar-refractivity contribution in [2.75, 3.05) is 13.1 Å². The Morgan fingerprint density at radius 1 is 1.50 bits per heavy atom. The van der Waals surface area contributed by atoms with Crippen LogP contribution in [0.3, 0.4) is 0 Å². The molecule has 80 valence electrons. The summed E-state index contributed by atoms with van der Waals surface area (Å²) in [5.41, 5.74) is 0. The number of carboxylic acids is 1. The van der Waals surface area contributed by atoms with E-state index in [1.165, 1.54) is 6.92 Å². The Morgan fingerprint density at radius 2 is 2.14 bits per heavy atom. The second-order valence-electron chi connectivity index (χ2n) is 3.79. The number of carbonyl (C=O) groups excluding carboxylic acids is 1. The van der Waals surface area contributed by atoms with Crippen LogP contribution in [0.15, 0.2) is 0 Å². The Kier molecular flexibility index (Phi) is 3.46. The van der Waals surface area contributed by atoms with Crippen molar-refractivity contribution in [2.45, 2.75) is 32.4 Å². The fraction of sp³-hybridized carbons (Fsp3) is 0.778. The largest absolute Gasteiger partial charge is 0.481 e. The molecule has 0 unspecified atom stereocenters. The molecule has 5 heteroatoms. The molecule has 0 bridgehead atoms. The molecule has 2 atom stereocenters. The first-order valence-corrected chi connectivity index (χ1v) is 4.72. The highest BCUT2D eigenvalue weighted by Crippen LogP contribution is 2.07. The van der Waals surface area contributed by atoms with E-state index in [0.29, 0.717) is 13.1 Å². The number of hydrogen-bond donors (Lipinski definition) is 2. The lowest BCUT2D eigenvalue weighted by Gasteiger charge is -2.36. The SMILES string of the molecule is CC(=O)N1C[C@H](CC(=O)O)N[C@H](C)C1. The van der Waals surface area contributed by atoms with Gasteiger partial charge in [0.05, 0.1) is 6.42 Å². The van der Waals surface area contributed by atoms with Gasteiger partial charge in [0.1, 0.15) is 0 Å². The third-order valence-electron chi connectivity index (χ3n) is 2.32. The lowest BCUT2D eigenvalue weighted by atomic mass is 10.1. The number of hydrogen-bond acceptors (Lipinski definition) is 3. The molecule has 14 heavy (non-hydrogen) atoms. The molecule has 1 saturated heterocycles. The maximum atomic E-state index is 11.1. The van der Waals surface area contributed by atoms with E-state index in [1.54, 1.807) is 4.90 Å². The Labute approximate surface area is 83.1 Å². The van der Waals surface area contributed by atoms with E-state index in [1.807, 2.05) is 6.92 Å². The average Bonchev–Trinajstić information content (AvgIpc) is 2.01. The molecule has 1 rings (SSSR count). The summed E-state index contributed by atoms with van der Waals surface area (Å²) >= 11 is 0. The first-order chi connectivity index (χ1) is 6.49.